The van der Waals surface area contributed by atoms with Crippen LogP contribution in [0.5, 0.6) is 5.75 Å². The zero-order valence-corrected chi connectivity index (χ0v) is 17.4. The molecule has 0 aromatic heterocycles. The molecule has 0 radical (unpaired) electrons. The number of benzene rings is 3. The van der Waals surface area contributed by atoms with Crippen molar-refractivity contribution in [2.45, 2.75) is 12.0 Å². The van der Waals surface area contributed by atoms with E-state index in [2.05, 4.69) is 5.32 Å². The van der Waals surface area contributed by atoms with E-state index in [0.29, 0.717) is 5.56 Å². The molecular formula is C25H21FN2O4. The molecule has 1 saturated heterocycles. The first kappa shape index (κ1) is 21.2. The third-order valence-electron chi connectivity index (χ3n) is 5.52. The number of halogens is 1. The van der Waals surface area contributed by atoms with E-state index >= 15 is 0 Å². The Morgan fingerprint density at radius 3 is 2.31 bits per heavy atom. The van der Waals surface area contributed by atoms with Gasteiger partial charge in [-0.1, -0.05) is 60.7 Å². The Morgan fingerprint density at radius 1 is 1.00 bits per heavy atom. The minimum Gasteiger partial charge on any atom is -0.496 e. The van der Waals surface area contributed by atoms with Crippen LogP contribution < -0.4 is 10.1 Å². The topological polar surface area (TPSA) is 75.7 Å². The molecule has 1 aliphatic heterocycles. The number of urea groups is 1. The maximum absolute atomic E-state index is 13.7. The second-order valence-electron chi connectivity index (χ2n) is 7.52. The van der Waals surface area contributed by atoms with Crippen LogP contribution in [0.2, 0.25) is 0 Å². The molecule has 3 aromatic carbocycles. The van der Waals surface area contributed by atoms with Crippen LogP contribution in [0.3, 0.4) is 0 Å². The summed E-state index contributed by atoms with van der Waals surface area (Å²) in [7, 11) is 1.36. The Morgan fingerprint density at radius 2 is 1.66 bits per heavy atom. The lowest BCUT2D eigenvalue weighted by Gasteiger charge is -2.27. The van der Waals surface area contributed by atoms with E-state index in [1.165, 1.54) is 19.2 Å². The van der Waals surface area contributed by atoms with Gasteiger partial charge in [0.25, 0.3) is 5.91 Å². The van der Waals surface area contributed by atoms with Crippen LogP contribution in [0.25, 0.3) is 0 Å². The average Bonchev–Trinajstić information content (AvgIpc) is 3.05. The maximum atomic E-state index is 13.7. The Hall–Kier alpha value is -4.00. The number of nitrogens with zero attached hydrogens (tertiary/aromatic N) is 1. The third-order valence-corrected chi connectivity index (χ3v) is 5.52. The zero-order valence-electron chi connectivity index (χ0n) is 17.4. The van der Waals surface area contributed by atoms with Crippen LogP contribution in [0.15, 0.2) is 78.9 Å². The second-order valence-corrected chi connectivity index (χ2v) is 7.52. The number of methoxy groups -OCH3 is 1. The van der Waals surface area contributed by atoms with E-state index in [1.807, 2.05) is 36.4 Å². The van der Waals surface area contributed by atoms with Gasteiger partial charge in [-0.05, 0) is 29.3 Å². The number of rotatable bonds is 7. The first-order chi connectivity index (χ1) is 15.4. The number of carbonyl (C=O) groups excluding carboxylic acids is 3. The third kappa shape index (κ3) is 3.85. The lowest BCUT2D eigenvalue weighted by Crippen LogP contribution is -2.46. The quantitative estimate of drug-likeness (QED) is 0.456. The monoisotopic (exact) mass is 432 g/mol. The SMILES string of the molecule is COc1ccc(F)cc1C(=O)CN1C(=O)N[C@](Cc2ccccc2)(c2ccccc2)C1=O. The van der Waals surface area contributed by atoms with E-state index in [0.717, 1.165) is 16.5 Å². The van der Waals surface area contributed by atoms with E-state index < -0.39 is 35.6 Å². The van der Waals surface area contributed by atoms with Crippen LogP contribution in [-0.2, 0) is 16.8 Å². The molecule has 162 valence electrons. The summed E-state index contributed by atoms with van der Waals surface area (Å²) in [6.07, 6.45) is 0.219. The number of Topliss-reactive ketones (excluding diaryl/α,β-unsaturated/α-hetero) is 1. The first-order valence-corrected chi connectivity index (χ1v) is 10.0. The number of hydrogen-bond acceptors (Lipinski definition) is 4. The molecule has 7 heteroatoms. The Balaban J connectivity index is 1.69. The molecule has 0 saturated carbocycles. The maximum Gasteiger partial charge on any atom is 0.325 e. The lowest BCUT2D eigenvalue weighted by molar-refractivity contribution is -0.131. The van der Waals surface area contributed by atoms with Crippen molar-refractivity contribution in [2.24, 2.45) is 0 Å². The van der Waals surface area contributed by atoms with Crippen LogP contribution in [-0.4, -0.2) is 36.3 Å². The van der Waals surface area contributed by atoms with Gasteiger partial charge >= 0.3 is 6.03 Å². The number of amides is 3. The molecule has 1 aliphatic rings. The molecule has 0 bridgehead atoms. The molecule has 3 aromatic rings. The van der Waals surface area contributed by atoms with Crippen molar-refractivity contribution in [3.63, 3.8) is 0 Å². The van der Waals surface area contributed by atoms with Crippen molar-refractivity contribution in [2.75, 3.05) is 13.7 Å². The number of carbonyl (C=O) groups is 3. The van der Waals surface area contributed by atoms with E-state index in [9.17, 15) is 18.8 Å². The summed E-state index contributed by atoms with van der Waals surface area (Å²) in [6.45, 7) is -0.534. The predicted octanol–water partition coefficient (Wildman–Crippen LogP) is 3.71. The summed E-state index contributed by atoms with van der Waals surface area (Å²) in [4.78, 5) is 40.3. The van der Waals surface area contributed by atoms with Gasteiger partial charge in [0.2, 0.25) is 0 Å². The summed E-state index contributed by atoms with van der Waals surface area (Å²) in [5.41, 5.74) is 0.0743. The normalized spacial score (nSPS) is 17.9. The molecule has 6 nitrogen and oxygen atoms in total. The largest absolute Gasteiger partial charge is 0.496 e. The summed E-state index contributed by atoms with van der Waals surface area (Å²) >= 11 is 0. The highest BCUT2D eigenvalue weighted by atomic mass is 19.1. The highest BCUT2D eigenvalue weighted by Crippen LogP contribution is 2.33. The summed E-state index contributed by atoms with van der Waals surface area (Å²) in [5.74, 6) is -1.59. The molecule has 4 rings (SSSR count). The van der Waals surface area contributed by atoms with Gasteiger partial charge in [-0.25, -0.2) is 9.18 Å². The number of nitrogens with one attached hydrogen (secondary N) is 1. The van der Waals surface area contributed by atoms with Gasteiger partial charge < -0.3 is 10.1 Å². The van der Waals surface area contributed by atoms with Gasteiger partial charge in [-0.15, -0.1) is 0 Å². The Labute approximate surface area is 184 Å². The molecule has 1 heterocycles. The van der Waals surface area contributed by atoms with Crippen LogP contribution in [0, 0.1) is 5.82 Å². The standard InChI is InChI=1S/C25H21FN2O4/c1-32-22-13-12-19(26)14-20(22)21(29)16-28-23(30)25(27-24(28)31,18-10-6-3-7-11-18)15-17-8-4-2-5-9-17/h2-14H,15-16H2,1H3,(H,27,31)/t25-/m1/s1. The van der Waals surface area contributed by atoms with Crippen LogP contribution in [0.4, 0.5) is 9.18 Å². The smallest absolute Gasteiger partial charge is 0.325 e. The number of ketones is 1. The number of ether oxygens (including phenoxy) is 1. The number of imide groups is 1. The van der Waals surface area contributed by atoms with E-state index in [4.69, 9.17) is 4.74 Å². The van der Waals surface area contributed by atoms with Gasteiger partial charge in [-0.2, -0.15) is 0 Å². The van der Waals surface area contributed by atoms with Crippen molar-refractivity contribution < 1.29 is 23.5 Å². The summed E-state index contributed by atoms with van der Waals surface area (Å²) in [5, 5.41) is 2.81. The Kier molecular flexibility index (Phi) is 5.73. The molecule has 1 atom stereocenters. The zero-order chi connectivity index (χ0) is 22.7. The van der Waals surface area contributed by atoms with Gasteiger partial charge in [0.05, 0.1) is 19.2 Å². The second kappa shape index (κ2) is 8.63. The fourth-order valence-corrected chi connectivity index (χ4v) is 3.94. The highest BCUT2D eigenvalue weighted by molar-refractivity contribution is 6.12. The molecule has 1 N–H and O–H groups in total. The molecule has 3 amide bonds. The Bertz CT molecular complexity index is 1170. The predicted molar refractivity (Wildman–Crippen MR) is 116 cm³/mol. The molecule has 0 unspecified atom stereocenters. The fourth-order valence-electron chi connectivity index (χ4n) is 3.94. The lowest BCUT2D eigenvalue weighted by atomic mass is 9.83. The fraction of sp³-hybridized carbons (Fsp3) is 0.160. The van der Waals surface area contributed by atoms with Crippen LogP contribution in [0.1, 0.15) is 21.5 Å². The summed E-state index contributed by atoms with van der Waals surface area (Å²) < 4.78 is 18.9. The molecular weight excluding hydrogens is 411 g/mol. The van der Waals surface area contributed by atoms with E-state index in [1.54, 1.807) is 24.3 Å². The van der Waals surface area contributed by atoms with Crippen molar-refractivity contribution in [1.82, 2.24) is 10.2 Å². The molecule has 1 fully saturated rings. The minimum atomic E-state index is -1.36. The molecule has 0 aliphatic carbocycles. The molecule has 32 heavy (non-hydrogen) atoms. The van der Waals surface area contributed by atoms with Crippen molar-refractivity contribution in [3.05, 3.63) is 101 Å². The molecule has 0 spiro atoms. The minimum absolute atomic E-state index is 0.0339. The van der Waals surface area contributed by atoms with Gasteiger partial charge in [-0.3, -0.25) is 14.5 Å². The van der Waals surface area contributed by atoms with E-state index in [-0.39, 0.29) is 17.7 Å². The van der Waals surface area contributed by atoms with Crippen molar-refractivity contribution >= 4 is 17.7 Å². The average molecular weight is 432 g/mol. The first-order valence-electron chi connectivity index (χ1n) is 10.0. The number of hydrogen-bond donors (Lipinski definition) is 1. The van der Waals surface area contributed by atoms with Gasteiger partial charge in [0.15, 0.2) is 11.3 Å². The van der Waals surface area contributed by atoms with Crippen molar-refractivity contribution in [1.29, 1.82) is 0 Å². The van der Waals surface area contributed by atoms with Gasteiger partial charge in [0, 0.05) is 6.42 Å². The van der Waals surface area contributed by atoms with Crippen LogP contribution >= 0.6 is 0 Å². The van der Waals surface area contributed by atoms with Gasteiger partial charge in [0.1, 0.15) is 11.6 Å². The highest BCUT2D eigenvalue weighted by Gasteiger charge is 2.52. The summed E-state index contributed by atoms with van der Waals surface area (Å²) in [6, 6.07) is 21.1. The van der Waals surface area contributed by atoms with Crippen molar-refractivity contribution in [3.8, 4) is 5.75 Å².